The summed E-state index contributed by atoms with van der Waals surface area (Å²) < 4.78 is 10.8. The molecule has 8 nitrogen and oxygen atoms in total. The van der Waals surface area contributed by atoms with Crippen molar-refractivity contribution in [1.29, 1.82) is 0 Å². The molecule has 0 radical (unpaired) electrons. The normalized spacial score (nSPS) is 19.7. The number of aliphatic hydroxyl groups is 1. The Morgan fingerprint density at radius 3 is 2.42 bits per heavy atom. The van der Waals surface area contributed by atoms with E-state index in [1.807, 2.05) is 48.5 Å². The second-order valence-corrected chi connectivity index (χ2v) is 8.95. The highest BCUT2D eigenvalue weighted by Crippen LogP contribution is 2.48. The molecule has 1 atom stereocenters. The summed E-state index contributed by atoms with van der Waals surface area (Å²) in [5, 5.41) is 12.7. The number of benzene rings is 2. The van der Waals surface area contributed by atoms with E-state index < -0.39 is 18.1 Å². The van der Waals surface area contributed by atoms with Crippen LogP contribution in [0.4, 0.5) is 0 Å². The third-order valence-corrected chi connectivity index (χ3v) is 6.82. The van der Waals surface area contributed by atoms with Crippen LogP contribution in [0.2, 0.25) is 0 Å². The second-order valence-electron chi connectivity index (χ2n) is 8.95. The van der Waals surface area contributed by atoms with Gasteiger partial charge in [0, 0.05) is 32.7 Å². The van der Waals surface area contributed by atoms with Crippen molar-refractivity contribution in [2.45, 2.75) is 30.8 Å². The lowest BCUT2D eigenvalue weighted by Crippen LogP contribution is -2.57. The lowest BCUT2D eigenvalue weighted by molar-refractivity contribution is -0.139. The number of carbonyl (C=O) groups excluding carboxylic acids is 2. The van der Waals surface area contributed by atoms with Crippen LogP contribution in [0.15, 0.2) is 48.5 Å². The predicted octanol–water partition coefficient (Wildman–Crippen LogP) is 1.27. The number of rotatable bonds is 7. The monoisotopic (exact) mass is 451 g/mol. The van der Waals surface area contributed by atoms with Gasteiger partial charge < -0.3 is 24.8 Å². The molecular weight excluding hydrogens is 422 g/mol. The molecule has 3 aliphatic rings. The van der Waals surface area contributed by atoms with Crippen molar-refractivity contribution in [3.63, 3.8) is 0 Å². The molecule has 2 aliphatic heterocycles. The van der Waals surface area contributed by atoms with Gasteiger partial charge in [-0.05, 0) is 36.1 Å². The highest BCUT2D eigenvalue weighted by Gasteiger charge is 2.52. The van der Waals surface area contributed by atoms with Crippen molar-refractivity contribution in [3.05, 3.63) is 59.7 Å². The zero-order valence-corrected chi connectivity index (χ0v) is 18.5. The van der Waals surface area contributed by atoms with E-state index in [-0.39, 0.29) is 18.6 Å². The molecule has 2 aromatic carbocycles. The fourth-order valence-electron chi connectivity index (χ4n) is 4.66. The molecule has 1 saturated carbocycles. The third-order valence-electron chi connectivity index (χ3n) is 6.82. The Kier molecular flexibility index (Phi) is 5.95. The summed E-state index contributed by atoms with van der Waals surface area (Å²) in [5.41, 5.74) is 1.53. The molecule has 0 spiro atoms. The van der Waals surface area contributed by atoms with Crippen LogP contribution in [0.25, 0.3) is 0 Å². The highest BCUT2D eigenvalue weighted by molar-refractivity contribution is 5.95. The van der Waals surface area contributed by atoms with Crippen LogP contribution in [0, 0.1) is 0 Å². The summed E-state index contributed by atoms with van der Waals surface area (Å²) in [7, 11) is 0. The van der Waals surface area contributed by atoms with Crippen LogP contribution < -0.4 is 14.8 Å². The first-order valence-corrected chi connectivity index (χ1v) is 11.5. The van der Waals surface area contributed by atoms with E-state index in [2.05, 4.69) is 10.2 Å². The SMILES string of the molecule is O=C(C(CO)NC(=O)C1(c2ccccc2)CC1)N1CCN(Cc2ccc3c(c2)OCO3)CC1. The van der Waals surface area contributed by atoms with Crippen molar-refractivity contribution < 1.29 is 24.2 Å². The van der Waals surface area contributed by atoms with Gasteiger partial charge in [-0.15, -0.1) is 0 Å². The number of hydrogen-bond donors (Lipinski definition) is 2. The molecule has 174 valence electrons. The van der Waals surface area contributed by atoms with Gasteiger partial charge in [0.1, 0.15) is 6.04 Å². The van der Waals surface area contributed by atoms with E-state index in [0.717, 1.165) is 55.1 Å². The average Bonchev–Trinajstić information content (AvgIpc) is 3.54. The summed E-state index contributed by atoms with van der Waals surface area (Å²) in [5.74, 6) is 1.14. The molecular formula is C25H29N3O5. The highest BCUT2D eigenvalue weighted by atomic mass is 16.7. The van der Waals surface area contributed by atoms with E-state index in [1.165, 1.54) is 0 Å². The number of ether oxygens (including phenoxy) is 2. The molecule has 1 saturated heterocycles. The number of fused-ring (bicyclic) bond motifs is 1. The molecule has 2 fully saturated rings. The number of carbonyl (C=O) groups is 2. The van der Waals surface area contributed by atoms with Crippen molar-refractivity contribution in [2.24, 2.45) is 0 Å². The largest absolute Gasteiger partial charge is 0.454 e. The van der Waals surface area contributed by atoms with Gasteiger partial charge in [-0.1, -0.05) is 36.4 Å². The van der Waals surface area contributed by atoms with E-state index >= 15 is 0 Å². The van der Waals surface area contributed by atoms with Gasteiger partial charge in [0.15, 0.2) is 11.5 Å². The maximum absolute atomic E-state index is 13.0. The zero-order valence-electron chi connectivity index (χ0n) is 18.5. The number of hydrogen-bond acceptors (Lipinski definition) is 6. The fraction of sp³-hybridized carbons (Fsp3) is 0.440. The number of amides is 2. The van der Waals surface area contributed by atoms with Gasteiger partial charge in [0.25, 0.3) is 0 Å². The topological polar surface area (TPSA) is 91.3 Å². The maximum atomic E-state index is 13.0. The molecule has 2 N–H and O–H groups in total. The molecule has 33 heavy (non-hydrogen) atoms. The van der Waals surface area contributed by atoms with Crippen LogP contribution in [-0.2, 0) is 21.5 Å². The van der Waals surface area contributed by atoms with E-state index in [0.29, 0.717) is 13.1 Å². The molecule has 2 amide bonds. The standard InChI is InChI=1S/C25H29N3O5/c29-16-20(26-24(31)25(8-9-25)19-4-2-1-3-5-19)23(30)28-12-10-27(11-13-28)15-18-6-7-21-22(14-18)33-17-32-21/h1-7,14,20,29H,8-13,15-17H2,(H,26,31). The van der Waals surface area contributed by atoms with Crippen molar-refractivity contribution in [1.82, 2.24) is 15.1 Å². The first-order valence-electron chi connectivity index (χ1n) is 11.5. The van der Waals surface area contributed by atoms with Gasteiger partial charge in [-0.2, -0.15) is 0 Å². The molecule has 1 aliphatic carbocycles. The zero-order chi connectivity index (χ0) is 22.8. The lowest BCUT2D eigenvalue weighted by Gasteiger charge is -2.36. The predicted molar refractivity (Wildman–Crippen MR) is 121 cm³/mol. The van der Waals surface area contributed by atoms with Gasteiger partial charge in [0.2, 0.25) is 18.6 Å². The Morgan fingerprint density at radius 1 is 1.00 bits per heavy atom. The Balaban J connectivity index is 1.15. The van der Waals surface area contributed by atoms with Gasteiger partial charge in [-0.3, -0.25) is 14.5 Å². The number of aliphatic hydroxyl groups excluding tert-OH is 1. The molecule has 8 heteroatoms. The minimum atomic E-state index is -0.918. The van der Waals surface area contributed by atoms with Gasteiger partial charge >= 0.3 is 0 Å². The minimum absolute atomic E-state index is 0.178. The van der Waals surface area contributed by atoms with Crippen molar-refractivity contribution >= 4 is 11.8 Å². The summed E-state index contributed by atoms with van der Waals surface area (Å²) in [4.78, 5) is 30.1. The molecule has 5 rings (SSSR count). The lowest BCUT2D eigenvalue weighted by atomic mass is 9.94. The van der Waals surface area contributed by atoms with Crippen LogP contribution in [-0.4, -0.2) is 72.3 Å². The average molecular weight is 452 g/mol. The fourth-order valence-corrected chi connectivity index (χ4v) is 4.66. The first-order chi connectivity index (χ1) is 16.1. The van der Waals surface area contributed by atoms with Gasteiger partial charge in [-0.25, -0.2) is 0 Å². The van der Waals surface area contributed by atoms with Gasteiger partial charge in [0.05, 0.1) is 12.0 Å². The van der Waals surface area contributed by atoms with Crippen LogP contribution in [0.3, 0.4) is 0 Å². The Hall–Kier alpha value is -3.10. The number of piperazine rings is 1. The van der Waals surface area contributed by atoms with E-state index in [1.54, 1.807) is 4.90 Å². The molecule has 0 aromatic heterocycles. The summed E-state index contributed by atoms with van der Waals surface area (Å²) in [6.45, 7) is 3.17. The molecule has 1 unspecified atom stereocenters. The third kappa shape index (κ3) is 4.41. The van der Waals surface area contributed by atoms with Crippen molar-refractivity contribution in [2.75, 3.05) is 39.6 Å². The summed E-state index contributed by atoms with van der Waals surface area (Å²) in [6, 6.07) is 14.7. The molecule has 0 bridgehead atoms. The Morgan fingerprint density at radius 2 is 1.73 bits per heavy atom. The van der Waals surface area contributed by atoms with Crippen LogP contribution in [0.5, 0.6) is 11.5 Å². The number of nitrogens with zero attached hydrogens (tertiary/aromatic N) is 2. The van der Waals surface area contributed by atoms with Crippen LogP contribution in [0.1, 0.15) is 24.0 Å². The van der Waals surface area contributed by atoms with Crippen LogP contribution >= 0.6 is 0 Å². The minimum Gasteiger partial charge on any atom is -0.454 e. The molecule has 2 heterocycles. The second kappa shape index (κ2) is 9.03. The quantitative estimate of drug-likeness (QED) is 0.659. The molecule has 2 aromatic rings. The summed E-state index contributed by atoms with van der Waals surface area (Å²) in [6.07, 6.45) is 1.52. The maximum Gasteiger partial charge on any atom is 0.247 e. The first kappa shape index (κ1) is 21.7. The van der Waals surface area contributed by atoms with E-state index in [9.17, 15) is 14.7 Å². The Bertz CT molecular complexity index is 1020. The number of nitrogens with one attached hydrogen (secondary N) is 1. The van der Waals surface area contributed by atoms with E-state index in [4.69, 9.17) is 9.47 Å². The Labute approximate surface area is 193 Å². The smallest absolute Gasteiger partial charge is 0.247 e. The summed E-state index contributed by atoms with van der Waals surface area (Å²) >= 11 is 0. The van der Waals surface area contributed by atoms with Crippen molar-refractivity contribution in [3.8, 4) is 11.5 Å².